The van der Waals surface area contributed by atoms with E-state index in [9.17, 15) is 19.2 Å². The third-order valence-electron chi connectivity index (χ3n) is 5.41. The van der Waals surface area contributed by atoms with E-state index in [1.165, 1.54) is 29.8 Å². The van der Waals surface area contributed by atoms with Crippen LogP contribution in [0.1, 0.15) is 44.9 Å². The van der Waals surface area contributed by atoms with Crippen LogP contribution in [-0.2, 0) is 19.1 Å². The molecule has 190 valence electrons. The molecule has 4 rings (SSSR count). The van der Waals surface area contributed by atoms with Crippen LogP contribution in [0.4, 0.5) is 0 Å². The van der Waals surface area contributed by atoms with E-state index in [0.29, 0.717) is 32.1 Å². The van der Waals surface area contributed by atoms with Crippen molar-refractivity contribution < 1.29 is 28.6 Å². The highest BCUT2D eigenvalue weighted by molar-refractivity contribution is 7.07. The second kappa shape index (κ2) is 10.8. The van der Waals surface area contributed by atoms with E-state index in [4.69, 9.17) is 14.2 Å². The Kier molecular flexibility index (Phi) is 7.49. The predicted octanol–water partition coefficient (Wildman–Crippen LogP) is 2.65. The molecule has 0 aliphatic carbocycles. The summed E-state index contributed by atoms with van der Waals surface area (Å²) in [6.07, 6.45) is 1.71. The maximum absolute atomic E-state index is 13.6. The van der Waals surface area contributed by atoms with Crippen molar-refractivity contribution in [2.24, 2.45) is 4.99 Å². The summed E-state index contributed by atoms with van der Waals surface area (Å²) in [7, 11) is 0. The minimum atomic E-state index is -0.782. The van der Waals surface area contributed by atoms with Gasteiger partial charge in [0.1, 0.15) is 11.5 Å². The van der Waals surface area contributed by atoms with Gasteiger partial charge in [-0.15, -0.1) is 0 Å². The lowest BCUT2D eigenvalue weighted by Gasteiger charge is -2.24. The Bertz CT molecular complexity index is 1580. The molecule has 2 heterocycles. The van der Waals surface area contributed by atoms with Gasteiger partial charge in [0.15, 0.2) is 4.80 Å². The van der Waals surface area contributed by atoms with E-state index >= 15 is 0 Å². The lowest BCUT2D eigenvalue weighted by Crippen LogP contribution is -2.39. The molecular weight excluding hydrogens is 496 g/mol. The molecular formula is C27H24N2O7S. The molecule has 0 saturated carbocycles. The number of carbonyl (C=O) groups is 3. The van der Waals surface area contributed by atoms with Gasteiger partial charge in [0.2, 0.25) is 0 Å². The van der Waals surface area contributed by atoms with Crippen molar-refractivity contribution in [2.45, 2.75) is 33.7 Å². The van der Waals surface area contributed by atoms with Crippen LogP contribution >= 0.6 is 11.3 Å². The van der Waals surface area contributed by atoms with Crippen molar-refractivity contribution in [1.82, 2.24) is 4.57 Å². The highest BCUT2D eigenvalue weighted by Crippen LogP contribution is 2.31. The van der Waals surface area contributed by atoms with Gasteiger partial charge < -0.3 is 14.2 Å². The Morgan fingerprint density at radius 1 is 0.973 bits per heavy atom. The van der Waals surface area contributed by atoms with Gasteiger partial charge in [0.05, 0.1) is 28.5 Å². The molecule has 0 unspecified atom stereocenters. The normalized spacial score (nSPS) is 15.0. The standard InChI is InChI=1S/C27H24N2O7S/c1-5-34-26(33)23-15(2)28-27-29(24(23)19-8-12-21(13-9-19)36-17(4)31)25(32)22(37-27)14-18-6-10-20(11-7-18)35-16(3)30/h6-14,24H,5H2,1-4H3/b22-14-/t24-/m0/s1. The van der Waals surface area contributed by atoms with Crippen molar-refractivity contribution in [3.05, 3.63) is 90.6 Å². The van der Waals surface area contributed by atoms with Crippen LogP contribution in [0.2, 0.25) is 0 Å². The van der Waals surface area contributed by atoms with Crippen LogP contribution < -0.4 is 24.4 Å². The summed E-state index contributed by atoms with van der Waals surface area (Å²) in [4.78, 5) is 54.0. The maximum Gasteiger partial charge on any atom is 0.338 e. The second-order valence-corrected chi connectivity index (χ2v) is 9.14. The zero-order valence-corrected chi connectivity index (χ0v) is 21.5. The topological polar surface area (TPSA) is 113 Å². The average molecular weight is 521 g/mol. The minimum Gasteiger partial charge on any atom is -0.463 e. The molecule has 0 spiro atoms. The predicted molar refractivity (Wildman–Crippen MR) is 136 cm³/mol. The third kappa shape index (κ3) is 5.59. The Morgan fingerprint density at radius 3 is 2.08 bits per heavy atom. The van der Waals surface area contributed by atoms with Crippen molar-refractivity contribution in [1.29, 1.82) is 0 Å². The number of nitrogens with zero attached hydrogens (tertiary/aromatic N) is 2. The number of hydrogen-bond donors (Lipinski definition) is 0. The molecule has 10 heteroatoms. The van der Waals surface area contributed by atoms with Gasteiger partial charge in [-0.2, -0.15) is 0 Å². The van der Waals surface area contributed by atoms with E-state index in [0.717, 1.165) is 5.56 Å². The fourth-order valence-electron chi connectivity index (χ4n) is 3.94. The zero-order chi connectivity index (χ0) is 26.7. The number of benzene rings is 2. The molecule has 9 nitrogen and oxygen atoms in total. The number of rotatable bonds is 6. The van der Waals surface area contributed by atoms with Gasteiger partial charge in [0, 0.05) is 13.8 Å². The Morgan fingerprint density at radius 2 is 1.54 bits per heavy atom. The Labute approximate surface area is 215 Å². The number of hydrogen-bond acceptors (Lipinski definition) is 9. The summed E-state index contributed by atoms with van der Waals surface area (Å²) < 4.78 is 17.4. The molecule has 0 N–H and O–H groups in total. The first-order valence-corrected chi connectivity index (χ1v) is 12.3. The molecule has 1 aromatic heterocycles. The SMILES string of the molecule is CCOC(=O)C1=C(C)N=c2s/c(=C\c3ccc(OC(C)=O)cc3)c(=O)n2[C@H]1c1ccc(OC(C)=O)cc1. The number of esters is 3. The molecule has 2 aromatic carbocycles. The molecule has 3 aromatic rings. The fourth-order valence-corrected chi connectivity index (χ4v) is 4.99. The van der Waals surface area contributed by atoms with Crippen molar-refractivity contribution in [3.63, 3.8) is 0 Å². The van der Waals surface area contributed by atoms with E-state index in [1.54, 1.807) is 68.5 Å². The van der Waals surface area contributed by atoms with Crippen LogP contribution in [0.25, 0.3) is 6.08 Å². The highest BCUT2D eigenvalue weighted by atomic mass is 32.1. The highest BCUT2D eigenvalue weighted by Gasteiger charge is 2.33. The molecule has 37 heavy (non-hydrogen) atoms. The molecule has 0 saturated heterocycles. The molecule has 0 radical (unpaired) electrons. The third-order valence-corrected chi connectivity index (χ3v) is 6.40. The minimum absolute atomic E-state index is 0.168. The quantitative estimate of drug-likeness (QED) is 0.363. The molecule has 1 aliphatic heterocycles. The molecule has 0 fully saturated rings. The monoisotopic (exact) mass is 520 g/mol. The van der Waals surface area contributed by atoms with Crippen LogP contribution in [0.5, 0.6) is 11.5 Å². The molecule has 0 amide bonds. The Balaban J connectivity index is 1.83. The van der Waals surface area contributed by atoms with E-state index in [1.807, 2.05) is 0 Å². The van der Waals surface area contributed by atoms with Crippen molar-refractivity contribution >= 4 is 35.3 Å². The second-order valence-electron chi connectivity index (χ2n) is 8.13. The summed E-state index contributed by atoms with van der Waals surface area (Å²) in [5.41, 5.74) is 1.74. The maximum atomic E-state index is 13.6. The number of aromatic nitrogens is 1. The fraction of sp³-hybridized carbons (Fsp3) is 0.222. The lowest BCUT2D eigenvalue weighted by molar-refractivity contribution is -0.139. The molecule has 1 aliphatic rings. The van der Waals surface area contributed by atoms with Gasteiger partial charge >= 0.3 is 17.9 Å². The Hall–Kier alpha value is -4.31. The van der Waals surface area contributed by atoms with E-state index < -0.39 is 23.9 Å². The van der Waals surface area contributed by atoms with E-state index in [2.05, 4.69) is 4.99 Å². The first-order chi connectivity index (χ1) is 17.7. The van der Waals surface area contributed by atoms with Crippen molar-refractivity contribution in [2.75, 3.05) is 6.61 Å². The summed E-state index contributed by atoms with van der Waals surface area (Å²) in [5.74, 6) is -0.690. The number of allylic oxidation sites excluding steroid dienone is 1. The number of thiazole rings is 1. The zero-order valence-electron chi connectivity index (χ0n) is 20.6. The summed E-state index contributed by atoms with van der Waals surface area (Å²) >= 11 is 1.20. The molecule has 0 bridgehead atoms. The smallest absolute Gasteiger partial charge is 0.338 e. The van der Waals surface area contributed by atoms with Gasteiger partial charge in [0.25, 0.3) is 5.56 Å². The van der Waals surface area contributed by atoms with Gasteiger partial charge in [-0.1, -0.05) is 35.6 Å². The first-order valence-electron chi connectivity index (χ1n) is 11.4. The number of fused-ring (bicyclic) bond motifs is 1. The average Bonchev–Trinajstić information content (AvgIpc) is 3.13. The summed E-state index contributed by atoms with van der Waals surface area (Å²) in [6.45, 7) is 6.21. The summed E-state index contributed by atoms with van der Waals surface area (Å²) in [5, 5.41) is 0. The van der Waals surface area contributed by atoms with Crippen LogP contribution in [0, 0.1) is 0 Å². The van der Waals surface area contributed by atoms with Crippen molar-refractivity contribution in [3.8, 4) is 11.5 Å². The van der Waals surface area contributed by atoms with Crippen LogP contribution in [0.15, 0.2) is 69.6 Å². The molecule has 1 atom stereocenters. The first kappa shape index (κ1) is 25.8. The van der Waals surface area contributed by atoms with Crippen LogP contribution in [0.3, 0.4) is 0 Å². The number of carbonyl (C=O) groups excluding carboxylic acids is 3. The van der Waals surface area contributed by atoms with E-state index in [-0.39, 0.29) is 17.7 Å². The van der Waals surface area contributed by atoms with Gasteiger partial charge in [-0.3, -0.25) is 19.0 Å². The number of ether oxygens (including phenoxy) is 3. The summed E-state index contributed by atoms with van der Waals surface area (Å²) in [6, 6.07) is 12.6. The van der Waals surface area contributed by atoms with Crippen LogP contribution in [-0.4, -0.2) is 29.1 Å². The van der Waals surface area contributed by atoms with Gasteiger partial charge in [-0.25, -0.2) is 9.79 Å². The largest absolute Gasteiger partial charge is 0.463 e. The van der Waals surface area contributed by atoms with Gasteiger partial charge in [-0.05, 0) is 55.3 Å². The lowest BCUT2D eigenvalue weighted by atomic mass is 9.96.